The van der Waals surface area contributed by atoms with Crippen molar-refractivity contribution in [3.05, 3.63) is 33.8 Å². The Hall–Kier alpha value is -1.26. The number of nitrogens with zero attached hydrogens (tertiary/aromatic N) is 1. The maximum absolute atomic E-state index is 12.5. The molecule has 0 unspecified atom stereocenters. The maximum atomic E-state index is 12.5. The lowest BCUT2D eigenvalue weighted by Crippen LogP contribution is -2.47. The predicted octanol–water partition coefficient (Wildman–Crippen LogP) is 4.43. The van der Waals surface area contributed by atoms with Crippen LogP contribution in [0.5, 0.6) is 0 Å². The Kier molecular flexibility index (Phi) is 9.16. The molecule has 2 amide bonds. The van der Waals surface area contributed by atoms with Crippen LogP contribution in [-0.2, 0) is 16.1 Å². The lowest BCUT2D eigenvalue weighted by Gasteiger charge is -2.29. The molecule has 134 valence electrons. The maximum Gasteiger partial charge on any atom is 0.242 e. The van der Waals surface area contributed by atoms with E-state index in [1.54, 1.807) is 30.0 Å². The Labute approximate surface area is 154 Å². The van der Waals surface area contributed by atoms with Crippen molar-refractivity contribution in [2.45, 2.75) is 59.0 Å². The third-order valence-electron chi connectivity index (χ3n) is 3.85. The van der Waals surface area contributed by atoms with E-state index in [-0.39, 0.29) is 18.4 Å². The van der Waals surface area contributed by atoms with Gasteiger partial charge < -0.3 is 10.2 Å². The molecule has 0 fully saturated rings. The van der Waals surface area contributed by atoms with Crippen LogP contribution in [-0.4, -0.2) is 29.3 Å². The summed E-state index contributed by atoms with van der Waals surface area (Å²) in [5.41, 5.74) is 0.665. The fourth-order valence-corrected chi connectivity index (χ4v) is 2.85. The minimum absolute atomic E-state index is 0.0772. The number of unbranched alkanes of at least 4 members (excludes halogenated alkanes) is 1. The monoisotopic (exact) mass is 372 g/mol. The molecule has 1 aromatic rings. The summed E-state index contributed by atoms with van der Waals surface area (Å²) in [5.74, 6) is -0.234. The Balaban J connectivity index is 2.95. The van der Waals surface area contributed by atoms with Gasteiger partial charge in [-0.25, -0.2) is 0 Å². The van der Waals surface area contributed by atoms with Gasteiger partial charge >= 0.3 is 0 Å². The van der Waals surface area contributed by atoms with Gasteiger partial charge in [-0.05, 0) is 31.9 Å². The van der Waals surface area contributed by atoms with Gasteiger partial charge in [-0.3, -0.25) is 9.59 Å². The highest BCUT2D eigenvalue weighted by molar-refractivity contribution is 6.36. The number of rotatable bonds is 9. The molecule has 4 nitrogen and oxygen atoms in total. The topological polar surface area (TPSA) is 49.4 Å². The van der Waals surface area contributed by atoms with Crippen LogP contribution >= 0.6 is 23.2 Å². The van der Waals surface area contributed by atoms with Gasteiger partial charge in [-0.2, -0.15) is 0 Å². The highest BCUT2D eigenvalue weighted by atomic mass is 35.5. The largest absolute Gasteiger partial charge is 0.354 e. The highest BCUT2D eigenvalue weighted by Gasteiger charge is 2.26. The second kappa shape index (κ2) is 10.6. The van der Waals surface area contributed by atoms with Gasteiger partial charge in [0.15, 0.2) is 0 Å². The normalized spacial score (nSPS) is 11.9. The summed E-state index contributed by atoms with van der Waals surface area (Å²) in [7, 11) is 0. The number of carbonyl (C=O) groups is 2. The molecule has 0 saturated carbocycles. The fraction of sp³-hybridized carbons (Fsp3) is 0.556. The Bertz CT molecular complexity index is 544. The quantitative estimate of drug-likeness (QED) is 0.651. The number of halogens is 2. The molecule has 0 aliphatic heterocycles. The van der Waals surface area contributed by atoms with Crippen molar-refractivity contribution >= 4 is 35.0 Å². The van der Waals surface area contributed by atoms with Crippen LogP contribution in [0, 0.1) is 0 Å². The van der Waals surface area contributed by atoms with Crippen LogP contribution in [0.3, 0.4) is 0 Å². The first-order valence-electron chi connectivity index (χ1n) is 8.42. The average molecular weight is 373 g/mol. The molecule has 0 radical (unpaired) electrons. The van der Waals surface area contributed by atoms with E-state index in [0.717, 1.165) is 19.3 Å². The zero-order valence-corrected chi connectivity index (χ0v) is 16.1. The highest BCUT2D eigenvalue weighted by Crippen LogP contribution is 2.26. The predicted molar refractivity (Wildman–Crippen MR) is 99.3 cm³/mol. The van der Waals surface area contributed by atoms with Gasteiger partial charge in [0.2, 0.25) is 11.8 Å². The molecule has 24 heavy (non-hydrogen) atoms. The number of carbonyl (C=O) groups excluding carboxylic acids is 2. The number of amides is 2. The molecule has 0 spiro atoms. The summed E-state index contributed by atoms with van der Waals surface area (Å²) in [5, 5.41) is 3.87. The summed E-state index contributed by atoms with van der Waals surface area (Å²) in [6.07, 6.45) is 3.02. The molecule has 0 saturated heterocycles. The zero-order valence-electron chi connectivity index (χ0n) is 14.6. The van der Waals surface area contributed by atoms with Crippen LogP contribution in [0.25, 0.3) is 0 Å². The van der Waals surface area contributed by atoms with Crippen molar-refractivity contribution in [2.24, 2.45) is 0 Å². The Morgan fingerprint density at radius 3 is 2.33 bits per heavy atom. The molecule has 0 aliphatic carbocycles. The summed E-state index contributed by atoms with van der Waals surface area (Å²) in [6, 6.07) is 4.65. The first-order valence-corrected chi connectivity index (χ1v) is 9.18. The molecule has 0 aromatic heterocycles. The first-order chi connectivity index (χ1) is 11.4. The summed E-state index contributed by atoms with van der Waals surface area (Å²) in [4.78, 5) is 26.4. The fourth-order valence-electron chi connectivity index (χ4n) is 2.33. The van der Waals surface area contributed by atoms with E-state index >= 15 is 0 Å². The number of hydrogen-bond acceptors (Lipinski definition) is 2. The van der Waals surface area contributed by atoms with Crippen molar-refractivity contribution in [2.75, 3.05) is 6.54 Å². The molecule has 6 heteroatoms. The van der Waals surface area contributed by atoms with E-state index in [1.165, 1.54) is 0 Å². The number of benzene rings is 1. The smallest absolute Gasteiger partial charge is 0.242 e. The van der Waals surface area contributed by atoms with Crippen molar-refractivity contribution in [3.63, 3.8) is 0 Å². The van der Waals surface area contributed by atoms with Crippen LogP contribution in [0.4, 0.5) is 0 Å². The number of nitrogens with one attached hydrogen (secondary N) is 1. The van der Waals surface area contributed by atoms with E-state index in [1.807, 2.05) is 6.92 Å². The molecule has 1 N–H and O–H groups in total. The molecule has 0 heterocycles. The van der Waals surface area contributed by atoms with Crippen molar-refractivity contribution < 1.29 is 9.59 Å². The minimum Gasteiger partial charge on any atom is -0.354 e. The van der Waals surface area contributed by atoms with Gasteiger partial charge in [0.05, 0.1) is 0 Å². The van der Waals surface area contributed by atoms with Crippen LogP contribution < -0.4 is 5.32 Å². The molecule has 0 aliphatic rings. The summed E-state index contributed by atoms with van der Waals surface area (Å²) < 4.78 is 0. The first kappa shape index (κ1) is 20.8. The summed E-state index contributed by atoms with van der Waals surface area (Å²) >= 11 is 12.4. The van der Waals surface area contributed by atoms with Crippen molar-refractivity contribution in [1.29, 1.82) is 0 Å². The zero-order chi connectivity index (χ0) is 18.1. The van der Waals surface area contributed by atoms with E-state index in [4.69, 9.17) is 23.2 Å². The molecule has 1 atom stereocenters. The molecular weight excluding hydrogens is 347 g/mol. The van der Waals surface area contributed by atoms with Crippen LogP contribution in [0.2, 0.25) is 10.0 Å². The Morgan fingerprint density at radius 1 is 1.17 bits per heavy atom. The van der Waals surface area contributed by atoms with Crippen LogP contribution in [0.1, 0.15) is 52.0 Å². The summed E-state index contributed by atoms with van der Waals surface area (Å²) in [6.45, 7) is 6.57. The van der Waals surface area contributed by atoms with E-state index in [0.29, 0.717) is 28.6 Å². The van der Waals surface area contributed by atoms with Crippen molar-refractivity contribution in [1.82, 2.24) is 10.2 Å². The van der Waals surface area contributed by atoms with Gasteiger partial charge in [0, 0.05) is 35.1 Å². The molecule has 0 bridgehead atoms. The second-order valence-corrected chi connectivity index (χ2v) is 6.61. The molecule has 1 aromatic carbocycles. The standard InChI is InChI=1S/C18H26Cl2N2O2/c1-4-6-11-21-18(24)13(3)22(17(23)8-5-2)12-14-15(19)9-7-10-16(14)20/h7,9-10,13H,4-6,8,11-12H2,1-3H3,(H,21,24)/t13-/m0/s1. The third kappa shape index (κ3) is 5.99. The minimum atomic E-state index is -0.576. The lowest BCUT2D eigenvalue weighted by molar-refractivity contribution is -0.140. The van der Waals surface area contributed by atoms with Crippen LogP contribution in [0.15, 0.2) is 18.2 Å². The van der Waals surface area contributed by atoms with E-state index < -0.39 is 6.04 Å². The number of hydrogen-bond donors (Lipinski definition) is 1. The molecular formula is C18H26Cl2N2O2. The third-order valence-corrected chi connectivity index (χ3v) is 4.56. The molecule has 1 rings (SSSR count). The van der Waals surface area contributed by atoms with E-state index in [9.17, 15) is 9.59 Å². The van der Waals surface area contributed by atoms with Gasteiger partial charge in [0.1, 0.15) is 6.04 Å². The SMILES string of the molecule is CCCCNC(=O)[C@H](C)N(Cc1c(Cl)cccc1Cl)C(=O)CCC. The second-order valence-electron chi connectivity index (χ2n) is 5.79. The van der Waals surface area contributed by atoms with Gasteiger partial charge in [-0.1, -0.05) is 49.5 Å². The Morgan fingerprint density at radius 2 is 1.79 bits per heavy atom. The van der Waals surface area contributed by atoms with E-state index in [2.05, 4.69) is 12.2 Å². The van der Waals surface area contributed by atoms with Gasteiger partial charge in [0.25, 0.3) is 0 Å². The lowest BCUT2D eigenvalue weighted by atomic mass is 10.1. The van der Waals surface area contributed by atoms with Gasteiger partial charge in [-0.15, -0.1) is 0 Å². The average Bonchev–Trinajstić information content (AvgIpc) is 2.54. The van der Waals surface area contributed by atoms with Crippen molar-refractivity contribution in [3.8, 4) is 0 Å².